The molecule has 15 heavy (non-hydrogen) atoms. The average molecular weight is 208 g/mol. The lowest BCUT2D eigenvalue weighted by molar-refractivity contribution is 0.0695. The van der Waals surface area contributed by atoms with Crippen LogP contribution in [0.1, 0.15) is 35.3 Å². The summed E-state index contributed by atoms with van der Waals surface area (Å²) < 4.78 is 0. The lowest BCUT2D eigenvalue weighted by atomic mass is 9.96. The van der Waals surface area contributed by atoms with E-state index in [1.807, 2.05) is 13.8 Å². The molecule has 0 aliphatic heterocycles. The Kier molecular flexibility index (Phi) is 3.19. The third kappa shape index (κ3) is 1.88. The second-order valence-corrected chi connectivity index (χ2v) is 3.40. The van der Waals surface area contributed by atoms with Gasteiger partial charge in [-0.25, -0.2) is 4.79 Å². The Morgan fingerprint density at radius 3 is 2.27 bits per heavy atom. The van der Waals surface area contributed by atoms with E-state index in [1.165, 1.54) is 0 Å². The lowest BCUT2D eigenvalue weighted by Gasteiger charge is -2.13. The Hall–Kier alpha value is -1.71. The van der Waals surface area contributed by atoms with E-state index in [9.17, 15) is 4.79 Å². The number of carbonyl (C=O) groups is 1. The molecule has 5 N–H and O–H groups in total. The number of carboxylic acid groups (broad SMARTS) is 1. The van der Waals surface area contributed by atoms with E-state index in [4.69, 9.17) is 16.6 Å². The summed E-state index contributed by atoms with van der Waals surface area (Å²) in [6, 6.07) is 1.62. The van der Waals surface area contributed by atoms with E-state index in [-0.39, 0.29) is 5.56 Å². The van der Waals surface area contributed by atoms with E-state index < -0.39 is 5.97 Å². The van der Waals surface area contributed by atoms with Gasteiger partial charge in [-0.3, -0.25) is 0 Å². The van der Waals surface area contributed by atoms with E-state index in [2.05, 4.69) is 0 Å². The van der Waals surface area contributed by atoms with Crippen molar-refractivity contribution >= 4 is 17.3 Å². The molecule has 0 fully saturated rings. The number of carboxylic acids is 1. The number of anilines is 2. The van der Waals surface area contributed by atoms with Crippen molar-refractivity contribution < 1.29 is 9.90 Å². The van der Waals surface area contributed by atoms with E-state index >= 15 is 0 Å². The fraction of sp³-hybridized carbons (Fsp3) is 0.364. The van der Waals surface area contributed by atoms with Crippen LogP contribution in [0.5, 0.6) is 0 Å². The summed E-state index contributed by atoms with van der Waals surface area (Å²) in [5.74, 6) is -0.951. The zero-order valence-corrected chi connectivity index (χ0v) is 9.00. The minimum atomic E-state index is -0.951. The first-order chi connectivity index (χ1) is 7.02. The van der Waals surface area contributed by atoms with Crippen LogP contribution < -0.4 is 11.5 Å². The van der Waals surface area contributed by atoms with Gasteiger partial charge in [0.15, 0.2) is 0 Å². The highest BCUT2D eigenvalue weighted by molar-refractivity contribution is 5.94. The van der Waals surface area contributed by atoms with Crippen molar-refractivity contribution in [2.75, 3.05) is 11.5 Å². The minimum Gasteiger partial charge on any atom is -0.478 e. The Bertz CT molecular complexity index is 400. The van der Waals surface area contributed by atoms with Crippen LogP contribution in [0.25, 0.3) is 0 Å². The number of hydrogen-bond donors (Lipinski definition) is 3. The maximum Gasteiger partial charge on any atom is 0.336 e. The van der Waals surface area contributed by atoms with Crippen LogP contribution in [0.4, 0.5) is 11.4 Å². The molecule has 0 saturated carbocycles. The number of benzene rings is 1. The first-order valence-corrected chi connectivity index (χ1v) is 4.95. The third-order valence-electron chi connectivity index (χ3n) is 2.57. The Morgan fingerprint density at radius 2 is 1.87 bits per heavy atom. The highest BCUT2D eigenvalue weighted by Crippen LogP contribution is 2.29. The lowest BCUT2D eigenvalue weighted by Crippen LogP contribution is -2.10. The fourth-order valence-corrected chi connectivity index (χ4v) is 1.68. The molecule has 1 aromatic rings. The predicted octanol–water partition coefficient (Wildman–Crippen LogP) is 1.67. The van der Waals surface area contributed by atoms with Crippen molar-refractivity contribution in [3.05, 3.63) is 22.8 Å². The largest absolute Gasteiger partial charge is 0.478 e. The van der Waals surface area contributed by atoms with Gasteiger partial charge in [0.25, 0.3) is 0 Å². The maximum atomic E-state index is 11.0. The van der Waals surface area contributed by atoms with Crippen molar-refractivity contribution in [2.24, 2.45) is 0 Å². The van der Waals surface area contributed by atoms with E-state index in [0.717, 1.165) is 5.56 Å². The molecule has 0 spiro atoms. The Labute approximate surface area is 88.9 Å². The Morgan fingerprint density at radius 1 is 1.27 bits per heavy atom. The number of hydrogen-bond acceptors (Lipinski definition) is 3. The number of rotatable bonds is 3. The van der Waals surface area contributed by atoms with Gasteiger partial charge < -0.3 is 16.6 Å². The first kappa shape index (κ1) is 11.4. The van der Waals surface area contributed by atoms with Gasteiger partial charge in [-0.15, -0.1) is 0 Å². The normalized spacial score (nSPS) is 10.3. The molecular weight excluding hydrogens is 192 g/mol. The van der Waals surface area contributed by atoms with Crippen LogP contribution >= 0.6 is 0 Å². The van der Waals surface area contributed by atoms with Crippen LogP contribution in [0, 0.1) is 0 Å². The average Bonchev–Trinajstić information content (AvgIpc) is 2.21. The molecule has 4 nitrogen and oxygen atoms in total. The maximum absolute atomic E-state index is 11.0. The van der Waals surface area contributed by atoms with Gasteiger partial charge >= 0.3 is 5.97 Å². The molecular formula is C11H16N2O2. The van der Waals surface area contributed by atoms with Crippen molar-refractivity contribution in [1.82, 2.24) is 0 Å². The molecule has 0 saturated heterocycles. The summed E-state index contributed by atoms with van der Waals surface area (Å²) in [6.45, 7) is 3.78. The molecule has 0 aliphatic rings. The smallest absolute Gasteiger partial charge is 0.336 e. The zero-order valence-electron chi connectivity index (χ0n) is 9.00. The molecule has 0 amide bonds. The van der Waals surface area contributed by atoms with Gasteiger partial charge in [0.2, 0.25) is 0 Å². The van der Waals surface area contributed by atoms with Gasteiger partial charge in [-0.2, -0.15) is 0 Å². The van der Waals surface area contributed by atoms with Crippen LogP contribution in [0.15, 0.2) is 6.07 Å². The fourth-order valence-electron chi connectivity index (χ4n) is 1.68. The highest BCUT2D eigenvalue weighted by Gasteiger charge is 2.16. The summed E-state index contributed by atoms with van der Waals surface area (Å²) in [5, 5.41) is 9.04. The molecule has 0 heterocycles. The number of nitrogen functional groups attached to an aromatic ring is 2. The second-order valence-electron chi connectivity index (χ2n) is 3.40. The molecule has 0 bridgehead atoms. The van der Waals surface area contributed by atoms with Gasteiger partial charge in [-0.05, 0) is 30.0 Å². The molecule has 0 aromatic heterocycles. The molecule has 4 heteroatoms. The van der Waals surface area contributed by atoms with Gasteiger partial charge in [-0.1, -0.05) is 13.8 Å². The van der Waals surface area contributed by atoms with Crippen molar-refractivity contribution in [3.8, 4) is 0 Å². The molecule has 82 valence electrons. The Balaban J connectivity index is 3.51. The monoisotopic (exact) mass is 208 g/mol. The van der Waals surface area contributed by atoms with Gasteiger partial charge in [0.05, 0.1) is 16.9 Å². The molecule has 1 rings (SSSR count). The molecule has 0 atom stereocenters. The summed E-state index contributed by atoms with van der Waals surface area (Å²) in [4.78, 5) is 11.0. The summed E-state index contributed by atoms with van der Waals surface area (Å²) in [5.41, 5.74) is 14.2. The number of aryl methyl sites for hydroxylation is 1. The third-order valence-corrected chi connectivity index (χ3v) is 2.57. The highest BCUT2D eigenvalue weighted by atomic mass is 16.4. The molecule has 0 radical (unpaired) electrons. The number of aromatic carboxylic acids is 1. The summed E-state index contributed by atoms with van der Waals surface area (Å²) in [6.07, 6.45) is 1.25. The first-order valence-electron chi connectivity index (χ1n) is 4.95. The van der Waals surface area contributed by atoms with E-state index in [0.29, 0.717) is 29.8 Å². The van der Waals surface area contributed by atoms with Crippen LogP contribution in [0.2, 0.25) is 0 Å². The minimum absolute atomic E-state index is 0.265. The topological polar surface area (TPSA) is 89.3 Å². The second kappa shape index (κ2) is 4.21. The molecule has 0 aliphatic carbocycles. The van der Waals surface area contributed by atoms with Crippen LogP contribution in [-0.4, -0.2) is 11.1 Å². The van der Waals surface area contributed by atoms with Gasteiger partial charge in [0.1, 0.15) is 0 Å². The quantitative estimate of drug-likeness (QED) is 0.659. The van der Waals surface area contributed by atoms with E-state index in [1.54, 1.807) is 6.07 Å². The van der Waals surface area contributed by atoms with Crippen molar-refractivity contribution in [2.45, 2.75) is 26.7 Å². The summed E-state index contributed by atoms with van der Waals surface area (Å²) in [7, 11) is 0. The zero-order chi connectivity index (χ0) is 11.6. The SMILES string of the molecule is CCc1cc(C(=O)O)c(CC)c(N)c1N. The van der Waals surface area contributed by atoms with Crippen molar-refractivity contribution in [3.63, 3.8) is 0 Å². The molecule has 0 unspecified atom stereocenters. The van der Waals surface area contributed by atoms with Crippen LogP contribution in [-0.2, 0) is 12.8 Å². The molecule has 1 aromatic carbocycles. The van der Waals surface area contributed by atoms with Gasteiger partial charge in [0, 0.05) is 0 Å². The standard InChI is InChI=1S/C11H16N2O2/c1-3-6-5-8(11(14)15)7(4-2)10(13)9(6)12/h5H,3-4,12-13H2,1-2H3,(H,14,15). The summed E-state index contributed by atoms with van der Waals surface area (Å²) >= 11 is 0. The number of nitrogens with two attached hydrogens (primary N) is 2. The van der Waals surface area contributed by atoms with Crippen LogP contribution in [0.3, 0.4) is 0 Å². The van der Waals surface area contributed by atoms with Crippen molar-refractivity contribution in [1.29, 1.82) is 0 Å². The predicted molar refractivity (Wildman–Crippen MR) is 61.0 cm³/mol.